The number of rotatable bonds is 10. The van der Waals surface area contributed by atoms with Crippen LogP contribution in [0.3, 0.4) is 0 Å². The Kier molecular flexibility index (Phi) is 10.7. The van der Waals surface area contributed by atoms with Crippen LogP contribution in [-0.2, 0) is 19.3 Å². The fourth-order valence-electron chi connectivity index (χ4n) is 4.52. The molecule has 0 amide bonds. The maximum atomic E-state index is 9.96. The van der Waals surface area contributed by atoms with Crippen molar-refractivity contribution >= 4 is 11.4 Å². The molecule has 2 N–H and O–H groups in total. The Morgan fingerprint density at radius 3 is 2.42 bits per heavy atom. The summed E-state index contributed by atoms with van der Waals surface area (Å²) >= 11 is 0. The largest absolute Gasteiger partial charge is 0.508 e. The van der Waals surface area contributed by atoms with Crippen LogP contribution in [0.4, 0.5) is 5.69 Å². The van der Waals surface area contributed by atoms with Gasteiger partial charge in [0.1, 0.15) is 17.7 Å². The van der Waals surface area contributed by atoms with Gasteiger partial charge in [0.25, 0.3) is 0 Å². The number of phenols is 1. The minimum absolute atomic E-state index is 0.267. The SMILES string of the molecule is C1CCCC1.C=C(Nc1cc(CCC)ccc1C)c1coc(Cc2cc(O)ccc2CCC(C)C)n1. The van der Waals surface area contributed by atoms with Crippen LogP contribution in [0.5, 0.6) is 5.75 Å². The summed E-state index contributed by atoms with van der Waals surface area (Å²) in [5.41, 5.74) is 7.20. The highest BCUT2D eigenvalue weighted by atomic mass is 16.3. The molecule has 1 aliphatic carbocycles. The van der Waals surface area contributed by atoms with Gasteiger partial charge in [0.2, 0.25) is 0 Å². The number of hydrogen-bond acceptors (Lipinski definition) is 4. The van der Waals surface area contributed by atoms with E-state index in [1.807, 2.05) is 12.1 Å². The zero-order valence-corrected chi connectivity index (χ0v) is 22.7. The van der Waals surface area contributed by atoms with Crippen LogP contribution in [0.15, 0.2) is 53.7 Å². The maximum Gasteiger partial charge on any atom is 0.199 e. The quantitative estimate of drug-likeness (QED) is 0.299. The third-order valence-corrected chi connectivity index (χ3v) is 6.76. The number of benzene rings is 2. The van der Waals surface area contributed by atoms with E-state index in [2.05, 4.69) is 62.8 Å². The van der Waals surface area contributed by atoms with Gasteiger partial charge in [0, 0.05) is 12.1 Å². The lowest BCUT2D eigenvalue weighted by Gasteiger charge is -2.12. The molecule has 1 fully saturated rings. The van der Waals surface area contributed by atoms with E-state index >= 15 is 0 Å². The molecule has 0 bridgehead atoms. The third kappa shape index (κ3) is 8.58. The van der Waals surface area contributed by atoms with Crippen molar-refractivity contribution in [2.45, 2.75) is 91.9 Å². The smallest absolute Gasteiger partial charge is 0.199 e. The average molecular weight is 489 g/mol. The van der Waals surface area contributed by atoms with Gasteiger partial charge >= 0.3 is 0 Å². The Hall–Kier alpha value is -3.01. The molecular formula is C32H44N2O2. The first-order chi connectivity index (χ1) is 17.4. The van der Waals surface area contributed by atoms with Crippen molar-refractivity contribution in [2.24, 2.45) is 5.92 Å². The summed E-state index contributed by atoms with van der Waals surface area (Å²) in [7, 11) is 0. The summed E-state index contributed by atoms with van der Waals surface area (Å²) in [6.07, 6.45) is 13.9. The molecule has 0 saturated heterocycles. The third-order valence-electron chi connectivity index (χ3n) is 6.76. The summed E-state index contributed by atoms with van der Waals surface area (Å²) in [6.45, 7) is 12.9. The molecule has 0 spiro atoms. The maximum absolute atomic E-state index is 9.96. The van der Waals surface area contributed by atoms with E-state index < -0.39 is 0 Å². The first-order valence-electron chi connectivity index (χ1n) is 13.7. The second kappa shape index (κ2) is 13.9. The van der Waals surface area contributed by atoms with Crippen LogP contribution < -0.4 is 5.32 Å². The summed E-state index contributed by atoms with van der Waals surface area (Å²) < 4.78 is 5.75. The van der Waals surface area contributed by atoms with Crippen LogP contribution in [0, 0.1) is 12.8 Å². The molecule has 0 atom stereocenters. The molecule has 1 aliphatic rings. The molecule has 0 radical (unpaired) electrons. The van der Waals surface area contributed by atoms with Crippen molar-refractivity contribution in [3.63, 3.8) is 0 Å². The number of aromatic nitrogens is 1. The van der Waals surface area contributed by atoms with Gasteiger partial charge in [-0.3, -0.25) is 0 Å². The highest BCUT2D eigenvalue weighted by molar-refractivity contribution is 5.74. The molecule has 1 saturated carbocycles. The topological polar surface area (TPSA) is 58.3 Å². The number of nitrogens with one attached hydrogen (secondary N) is 1. The Morgan fingerprint density at radius 1 is 1.03 bits per heavy atom. The lowest BCUT2D eigenvalue weighted by molar-refractivity contribution is 0.472. The van der Waals surface area contributed by atoms with E-state index in [9.17, 15) is 5.11 Å². The molecule has 1 aromatic heterocycles. The summed E-state index contributed by atoms with van der Waals surface area (Å²) in [4.78, 5) is 4.65. The number of nitrogens with zero attached hydrogens (tertiary/aromatic N) is 1. The second-order valence-corrected chi connectivity index (χ2v) is 10.5. The van der Waals surface area contributed by atoms with Crippen molar-refractivity contribution in [1.29, 1.82) is 0 Å². The van der Waals surface area contributed by atoms with Gasteiger partial charge in [-0.2, -0.15) is 0 Å². The van der Waals surface area contributed by atoms with Crippen molar-refractivity contribution < 1.29 is 9.52 Å². The minimum Gasteiger partial charge on any atom is -0.508 e. The van der Waals surface area contributed by atoms with Gasteiger partial charge in [0.15, 0.2) is 5.89 Å². The molecule has 194 valence electrons. The lowest BCUT2D eigenvalue weighted by atomic mass is 9.96. The van der Waals surface area contributed by atoms with E-state index in [1.54, 1.807) is 12.3 Å². The number of oxazole rings is 1. The zero-order chi connectivity index (χ0) is 25.9. The summed E-state index contributed by atoms with van der Waals surface area (Å²) in [6, 6.07) is 12.1. The zero-order valence-electron chi connectivity index (χ0n) is 22.7. The lowest BCUT2D eigenvalue weighted by Crippen LogP contribution is -2.02. The number of aryl methyl sites for hydroxylation is 3. The van der Waals surface area contributed by atoms with Gasteiger partial charge in [-0.05, 0) is 72.6 Å². The van der Waals surface area contributed by atoms with E-state index in [0.717, 1.165) is 36.9 Å². The molecule has 0 unspecified atom stereocenters. The van der Waals surface area contributed by atoms with Crippen LogP contribution in [0.1, 0.15) is 99.6 Å². The van der Waals surface area contributed by atoms with Crippen molar-refractivity contribution in [3.05, 3.63) is 83.1 Å². The van der Waals surface area contributed by atoms with Crippen molar-refractivity contribution in [2.75, 3.05) is 5.32 Å². The Labute approximate surface area is 217 Å². The monoisotopic (exact) mass is 488 g/mol. The van der Waals surface area contributed by atoms with Crippen LogP contribution in [0.25, 0.3) is 5.70 Å². The van der Waals surface area contributed by atoms with Gasteiger partial charge in [-0.25, -0.2) is 4.98 Å². The average Bonchev–Trinajstić information content (AvgIpc) is 3.56. The van der Waals surface area contributed by atoms with Crippen LogP contribution in [-0.4, -0.2) is 10.1 Å². The predicted octanol–water partition coefficient (Wildman–Crippen LogP) is 8.85. The van der Waals surface area contributed by atoms with E-state index in [4.69, 9.17) is 4.42 Å². The highest BCUT2D eigenvalue weighted by Gasteiger charge is 2.13. The van der Waals surface area contributed by atoms with E-state index in [0.29, 0.717) is 29.6 Å². The van der Waals surface area contributed by atoms with Crippen LogP contribution in [0.2, 0.25) is 0 Å². The van der Waals surface area contributed by atoms with Crippen LogP contribution >= 0.6 is 0 Å². The van der Waals surface area contributed by atoms with Gasteiger partial charge in [0.05, 0.1) is 5.70 Å². The molecule has 4 rings (SSSR count). The molecule has 36 heavy (non-hydrogen) atoms. The Morgan fingerprint density at radius 2 is 1.75 bits per heavy atom. The molecule has 0 aliphatic heterocycles. The molecule has 2 aromatic carbocycles. The minimum atomic E-state index is 0.267. The molecule has 4 heteroatoms. The Bertz CT molecular complexity index is 1100. The van der Waals surface area contributed by atoms with Gasteiger partial charge in [-0.15, -0.1) is 0 Å². The standard InChI is InChI=1S/C27H34N2O2.C5H10/c1-6-7-21-10-9-19(4)25(14-21)28-20(5)26-17-31-27(29-26)16-23-15-24(30)13-12-22(23)11-8-18(2)3;1-2-4-5-3-1/h9-10,12-15,17-18,28,30H,5-8,11,16H2,1-4H3;1-5H2. The van der Waals surface area contributed by atoms with E-state index in [1.165, 1.54) is 48.8 Å². The molecule has 1 heterocycles. The second-order valence-electron chi connectivity index (χ2n) is 10.5. The number of aromatic hydroxyl groups is 1. The fourth-order valence-corrected chi connectivity index (χ4v) is 4.52. The fraction of sp³-hybridized carbons (Fsp3) is 0.469. The number of anilines is 1. The van der Waals surface area contributed by atoms with Crippen molar-refractivity contribution in [1.82, 2.24) is 4.98 Å². The normalized spacial score (nSPS) is 12.9. The number of hydrogen-bond donors (Lipinski definition) is 2. The molecular weight excluding hydrogens is 444 g/mol. The van der Waals surface area contributed by atoms with Gasteiger partial charge in [-0.1, -0.05) is 84.1 Å². The summed E-state index contributed by atoms with van der Waals surface area (Å²) in [5.74, 6) is 1.51. The van der Waals surface area contributed by atoms with Crippen molar-refractivity contribution in [3.8, 4) is 5.75 Å². The molecule has 4 nitrogen and oxygen atoms in total. The predicted molar refractivity (Wildman–Crippen MR) is 151 cm³/mol. The number of phenolic OH excluding ortho intramolecular Hbond substituents is 1. The van der Waals surface area contributed by atoms with Gasteiger partial charge < -0.3 is 14.8 Å². The Balaban J connectivity index is 0.000000642. The molecule has 3 aromatic rings. The first kappa shape index (κ1) is 27.6. The summed E-state index contributed by atoms with van der Waals surface area (Å²) in [5, 5.41) is 13.4. The highest BCUT2D eigenvalue weighted by Crippen LogP contribution is 2.25. The first-order valence-corrected chi connectivity index (χ1v) is 13.7. The van der Waals surface area contributed by atoms with E-state index in [-0.39, 0.29) is 5.75 Å².